The molecule has 2 atom stereocenters. The monoisotopic (exact) mass is 384 g/mol. The summed E-state index contributed by atoms with van der Waals surface area (Å²) in [4.78, 5) is 10.1. The van der Waals surface area contributed by atoms with Crippen molar-refractivity contribution in [3.05, 3.63) is 42.1 Å². The number of para-hydroxylation sites is 1. The Morgan fingerprint density at radius 3 is 2.78 bits per heavy atom. The molecule has 1 aromatic carbocycles. The Morgan fingerprint density at radius 1 is 1.00 bits per heavy atom. The zero-order chi connectivity index (χ0) is 18.1. The molecule has 1 aliphatic heterocycles. The van der Waals surface area contributed by atoms with Crippen LogP contribution in [0.15, 0.2) is 36.5 Å². The van der Waals surface area contributed by atoms with Gasteiger partial charge in [0.25, 0.3) is 0 Å². The lowest BCUT2D eigenvalue weighted by atomic mass is 9.77. The zero-order valence-electron chi connectivity index (χ0n) is 15.8. The van der Waals surface area contributed by atoms with Crippen LogP contribution in [0.5, 0.6) is 0 Å². The van der Waals surface area contributed by atoms with E-state index in [0.717, 1.165) is 24.4 Å². The molecule has 0 N–H and O–H groups in total. The van der Waals surface area contributed by atoms with Gasteiger partial charge in [0.15, 0.2) is 0 Å². The third-order valence-corrected chi connectivity index (χ3v) is 7.48. The van der Waals surface area contributed by atoms with Crippen molar-refractivity contribution in [2.24, 2.45) is 5.92 Å². The molecule has 0 amide bonds. The third-order valence-electron chi connectivity index (χ3n) is 6.73. The normalized spacial score (nSPS) is 32.3. The van der Waals surface area contributed by atoms with Gasteiger partial charge in [0, 0.05) is 18.1 Å². The van der Waals surface area contributed by atoms with Crippen LogP contribution in [0.4, 0.5) is 0 Å². The number of benzene rings is 1. The molecule has 5 heteroatoms. The molecule has 5 rings (SSSR count). The Bertz CT molecular complexity index is 771. The molecule has 0 radical (unpaired) electrons. The van der Waals surface area contributed by atoms with Crippen LogP contribution in [0, 0.1) is 5.92 Å². The third kappa shape index (κ3) is 3.75. The number of hydrogen-bond acceptors (Lipinski definition) is 5. The van der Waals surface area contributed by atoms with E-state index in [2.05, 4.69) is 39.6 Å². The first-order valence-corrected chi connectivity index (χ1v) is 11.2. The molecule has 2 aromatic rings. The first kappa shape index (κ1) is 17.9. The molecule has 1 aromatic heterocycles. The Labute approximate surface area is 165 Å². The Kier molecular flexibility index (Phi) is 5.36. The molecule has 144 valence electrons. The number of aromatic nitrogens is 1. The molecular weight excluding hydrogens is 356 g/mol. The minimum Gasteiger partial charge on any atom is -0.256 e. The van der Waals surface area contributed by atoms with E-state index in [1.807, 2.05) is 6.20 Å². The lowest BCUT2D eigenvalue weighted by molar-refractivity contribution is -0.268. The molecule has 2 unspecified atom stereocenters. The average Bonchev–Trinajstić information content (AvgIpc) is 2.74. The summed E-state index contributed by atoms with van der Waals surface area (Å²) < 4.78 is 7.85. The van der Waals surface area contributed by atoms with Crippen molar-refractivity contribution < 1.29 is 9.22 Å². The summed E-state index contributed by atoms with van der Waals surface area (Å²) >= 11 is 1.44. The topological polar surface area (TPSA) is 34.6 Å². The first-order chi connectivity index (χ1) is 13.4. The van der Waals surface area contributed by atoms with E-state index in [-0.39, 0.29) is 6.10 Å². The van der Waals surface area contributed by atoms with E-state index in [0.29, 0.717) is 12.0 Å². The largest absolute Gasteiger partial charge is 0.256 e. The van der Waals surface area contributed by atoms with E-state index in [1.54, 1.807) is 0 Å². The molecule has 1 saturated heterocycles. The number of nitrogens with zero attached hydrogens (tertiary/aromatic N) is 2. The quantitative estimate of drug-likeness (QED) is 0.388. The maximum absolute atomic E-state index is 5.53. The van der Waals surface area contributed by atoms with E-state index in [9.17, 15) is 0 Å². The Balaban J connectivity index is 1.22. The molecule has 3 fully saturated rings. The van der Waals surface area contributed by atoms with Crippen LogP contribution in [-0.2, 0) is 9.22 Å². The predicted molar refractivity (Wildman–Crippen MR) is 109 cm³/mol. The molecule has 2 heterocycles. The second-order valence-corrected chi connectivity index (χ2v) is 9.12. The number of rotatable bonds is 3. The van der Waals surface area contributed by atoms with Gasteiger partial charge in [-0.3, -0.25) is 4.98 Å². The van der Waals surface area contributed by atoms with Gasteiger partial charge in [0.2, 0.25) is 0 Å². The van der Waals surface area contributed by atoms with Crippen LogP contribution in [-0.4, -0.2) is 28.0 Å². The fraction of sp³-hybridized carbons (Fsp3) is 0.591. The van der Waals surface area contributed by atoms with Gasteiger partial charge < -0.3 is 0 Å². The second-order valence-electron chi connectivity index (χ2n) is 8.36. The maximum Gasteiger partial charge on any atom is 0.121 e. The van der Waals surface area contributed by atoms with Gasteiger partial charge in [-0.05, 0) is 68.1 Å². The fourth-order valence-corrected chi connectivity index (χ4v) is 6.07. The highest BCUT2D eigenvalue weighted by Crippen LogP contribution is 2.41. The van der Waals surface area contributed by atoms with Gasteiger partial charge in [0.05, 0.1) is 11.6 Å². The highest BCUT2D eigenvalue weighted by Gasteiger charge is 2.38. The van der Waals surface area contributed by atoms with Crippen molar-refractivity contribution in [2.75, 3.05) is 6.54 Å². The molecular formula is C22H28N2O2S. The standard InChI is InChI=1S/C22H28N2O2S/c1-2-6-20-19(5-1)18(13-14-23-20)17-11-9-16(10-12-17)15-24-21-7-3-4-8-22(21)25-26-27-24/h1-2,5-6,13-14,16-17,21-22H,3-4,7-12,15H2. The van der Waals surface area contributed by atoms with Crippen molar-refractivity contribution in [2.45, 2.75) is 69.4 Å². The van der Waals surface area contributed by atoms with Gasteiger partial charge in [-0.1, -0.05) is 31.0 Å². The zero-order valence-corrected chi connectivity index (χ0v) is 16.6. The highest BCUT2D eigenvalue weighted by atomic mass is 32.2. The van der Waals surface area contributed by atoms with Crippen molar-refractivity contribution in [3.8, 4) is 0 Å². The summed E-state index contributed by atoms with van der Waals surface area (Å²) in [5.74, 6) is 1.44. The fourth-order valence-electron chi connectivity index (χ4n) is 5.23. The molecule has 3 aliphatic rings. The van der Waals surface area contributed by atoms with Crippen molar-refractivity contribution >= 4 is 23.1 Å². The van der Waals surface area contributed by atoms with Gasteiger partial charge in [-0.2, -0.15) is 0 Å². The van der Waals surface area contributed by atoms with E-state index in [1.165, 1.54) is 68.1 Å². The molecule has 0 bridgehead atoms. The Hall–Kier alpha value is -1.14. The minimum absolute atomic E-state index is 0.277. The van der Waals surface area contributed by atoms with Crippen molar-refractivity contribution in [3.63, 3.8) is 0 Å². The Morgan fingerprint density at radius 2 is 1.85 bits per heavy atom. The SMILES string of the molecule is c1ccc2c(C3CCC(CN4SOOC5CCCCC54)CC3)ccnc2c1. The van der Waals surface area contributed by atoms with Crippen LogP contribution in [0.2, 0.25) is 0 Å². The maximum atomic E-state index is 5.53. The first-order valence-electron chi connectivity index (χ1n) is 10.5. The smallest absolute Gasteiger partial charge is 0.121 e. The van der Waals surface area contributed by atoms with Crippen molar-refractivity contribution in [1.82, 2.24) is 9.29 Å². The van der Waals surface area contributed by atoms with E-state index < -0.39 is 0 Å². The molecule has 27 heavy (non-hydrogen) atoms. The van der Waals surface area contributed by atoms with Crippen LogP contribution < -0.4 is 0 Å². The van der Waals surface area contributed by atoms with Gasteiger partial charge in [-0.25, -0.2) is 9.19 Å². The minimum atomic E-state index is 0.277. The molecule has 4 nitrogen and oxygen atoms in total. The van der Waals surface area contributed by atoms with Gasteiger partial charge in [0.1, 0.15) is 18.3 Å². The van der Waals surface area contributed by atoms with Crippen LogP contribution in [0.3, 0.4) is 0 Å². The highest BCUT2D eigenvalue weighted by molar-refractivity contribution is 7.92. The summed E-state index contributed by atoms with van der Waals surface area (Å²) in [6, 6.07) is 11.4. The lowest BCUT2D eigenvalue weighted by Gasteiger charge is -2.42. The summed E-state index contributed by atoms with van der Waals surface area (Å²) in [6.07, 6.45) is 12.4. The number of hydrogen-bond donors (Lipinski definition) is 0. The number of fused-ring (bicyclic) bond motifs is 2. The molecule has 2 aliphatic carbocycles. The van der Waals surface area contributed by atoms with Crippen LogP contribution >= 0.6 is 12.2 Å². The summed E-state index contributed by atoms with van der Waals surface area (Å²) in [7, 11) is 0. The summed E-state index contributed by atoms with van der Waals surface area (Å²) in [5.41, 5.74) is 2.62. The van der Waals surface area contributed by atoms with Crippen molar-refractivity contribution in [1.29, 1.82) is 0 Å². The summed E-state index contributed by atoms with van der Waals surface area (Å²) in [6.45, 7) is 1.14. The van der Waals surface area contributed by atoms with Crippen LogP contribution in [0.25, 0.3) is 10.9 Å². The van der Waals surface area contributed by atoms with E-state index in [4.69, 9.17) is 9.22 Å². The summed E-state index contributed by atoms with van der Waals surface area (Å²) in [5, 5.41) is 1.34. The average molecular weight is 385 g/mol. The van der Waals surface area contributed by atoms with Gasteiger partial charge >= 0.3 is 0 Å². The molecule has 0 spiro atoms. The lowest BCUT2D eigenvalue weighted by Crippen LogP contribution is -2.48. The number of pyridine rings is 1. The predicted octanol–water partition coefficient (Wildman–Crippen LogP) is 5.65. The van der Waals surface area contributed by atoms with Gasteiger partial charge in [-0.15, -0.1) is 4.33 Å². The van der Waals surface area contributed by atoms with Crippen LogP contribution in [0.1, 0.15) is 62.8 Å². The van der Waals surface area contributed by atoms with E-state index >= 15 is 0 Å². The second kappa shape index (κ2) is 8.08. The molecule has 2 saturated carbocycles.